The lowest BCUT2D eigenvalue weighted by Crippen LogP contribution is -2.43. The molecule has 0 aromatic rings. The van der Waals surface area contributed by atoms with Crippen molar-refractivity contribution in [3.05, 3.63) is 0 Å². The van der Waals surface area contributed by atoms with Gasteiger partial charge in [0.2, 0.25) is 0 Å². The van der Waals surface area contributed by atoms with Crippen molar-refractivity contribution < 1.29 is 9.53 Å². The Hall–Kier alpha value is -0.610. The van der Waals surface area contributed by atoms with Crippen LogP contribution in [-0.4, -0.2) is 43.7 Å². The highest BCUT2D eigenvalue weighted by atomic mass is 16.5. The molecule has 1 unspecified atom stereocenters. The zero-order valence-corrected chi connectivity index (χ0v) is 7.62. The smallest absolute Gasteiger partial charge is 0.251 e. The predicted octanol–water partition coefficient (Wildman–Crippen LogP) is -0.419. The summed E-state index contributed by atoms with van der Waals surface area (Å²) in [6.45, 7) is 0.504. The number of hydrogen-bond donors (Lipinski definition) is 1. The summed E-state index contributed by atoms with van der Waals surface area (Å²) >= 11 is 0. The quantitative estimate of drug-likeness (QED) is 0.584. The highest BCUT2D eigenvalue weighted by Crippen LogP contribution is 2.13. The van der Waals surface area contributed by atoms with E-state index in [1.54, 1.807) is 19.0 Å². The van der Waals surface area contributed by atoms with Crippen molar-refractivity contribution in [2.75, 3.05) is 20.7 Å². The molecule has 1 rings (SSSR count). The van der Waals surface area contributed by atoms with Gasteiger partial charge in [0.05, 0.1) is 6.61 Å². The molecule has 12 heavy (non-hydrogen) atoms. The van der Waals surface area contributed by atoms with Crippen molar-refractivity contribution in [2.24, 2.45) is 5.73 Å². The first-order chi connectivity index (χ1) is 5.61. The Morgan fingerprint density at radius 1 is 1.50 bits per heavy atom. The molecule has 0 saturated carbocycles. The van der Waals surface area contributed by atoms with Crippen molar-refractivity contribution in [1.29, 1.82) is 0 Å². The molecule has 4 nitrogen and oxygen atoms in total. The molecule has 1 heterocycles. The maximum atomic E-state index is 11.4. The van der Waals surface area contributed by atoms with Crippen molar-refractivity contribution in [3.8, 4) is 0 Å². The summed E-state index contributed by atoms with van der Waals surface area (Å²) < 4.78 is 5.30. The largest absolute Gasteiger partial charge is 0.367 e. The minimum Gasteiger partial charge on any atom is -0.367 e. The van der Waals surface area contributed by atoms with Gasteiger partial charge in [-0.2, -0.15) is 0 Å². The van der Waals surface area contributed by atoms with Gasteiger partial charge in [-0.25, -0.2) is 0 Å². The van der Waals surface area contributed by atoms with Crippen LogP contribution in [0.2, 0.25) is 0 Å². The molecular formula is C8H16N2O2. The number of likely N-dealkylation sites (N-methyl/N-ethyl adjacent to an activating group) is 1. The molecule has 0 aliphatic carbocycles. The second kappa shape index (κ2) is 3.87. The maximum Gasteiger partial charge on any atom is 0.251 e. The van der Waals surface area contributed by atoms with Crippen LogP contribution < -0.4 is 5.73 Å². The van der Waals surface area contributed by atoms with E-state index in [9.17, 15) is 4.79 Å². The third kappa shape index (κ3) is 2.19. The number of carbonyl (C=O) groups is 1. The summed E-state index contributed by atoms with van der Waals surface area (Å²) in [6, 6.07) is 0.108. The summed E-state index contributed by atoms with van der Waals surface area (Å²) in [7, 11) is 3.47. The van der Waals surface area contributed by atoms with Crippen LogP contribution in [0.25, 0.3) is 0 Å². The lowest BCUT2D eigenvalue weighted by molar-refractivity contribution is -0.144. The first-order valence-corrected chi connectivity index (χ1v) is 4.19. The van der Waals surface area contributed by atoms with E-state index in [4.69, 9.17) is 10.5 Å². The number of carbonyl (C=O) groups excluding carboxylic acids is 1. The highest BCUT2D eigenvalue weighted by molar-refractivity contribution is 5.80. The second-order valence-corrected chi connectivity index (χ2v) is 3.39. The summed E-state index contributed by atoms with van der Waals surface area (Å²) in [6.07, 6.45) is 1.36. The molecule has 0 bridgehead atoms. The SMILES string of the molecule is CN(C)C(=O)C1CC[C@@H](N)CO1. The molecule has 1 aliphatic heterocycles. The van der Waals surface area contributed by atoms with Crippen molar-refractivity contribution in [1.82, 2.24) is 4.90 Å². The van der Waals surface area contributed by atoms with Crippen LogP contribution in [0.4, 0.5) is 0 Å². The molecular weight excluding hydrogens is 156 g/mol. The van der Waals surface area contributed by atoms with Crippen molar-refractivity contribution in [2.45, 2.75) is 25.0 Å². The van der Waals surface area contributed by atoms with Crippen LogP contribution in [0.15, 0.2) is 0 Å². The first-order valence-electron chi connectivity index (χ1n) is 4.19. The molecule has 1 amide bonds. The van der Waals surface area contributed by atoms with Gasteiger partial charge < -0.3 is 15.4 Å². The van der Waals surface area contributed by atoms with Gasteiger partial charge in [-0.05, 0) is 12.8 Å². The summed E-state index contributed by atoms with van der Waals surface area (Å²) in [5.41, 5.74) is 5.62. The number of ether oxygens (including phenoxy) is 1. The molecule has 1 fully saturated rings. The highest BCUT2D eigenvalue weighted by Gasteiger charge is 2.26. The third-order valence-electron chi connectivity index (χ3n) is 2.03. The topological polar surface area (TPSA) is 55.6 Å². The molecule has 2 atom stereocenters. The van der Waals surface area contributed by atoms with E-state index in [2.05, 4.69) is 0 Å². The zero-order valence-electron chi connectivity index (χ0n) is 7.62. The predicted molar refractivity (Wildman–Crippen MR) is 45.6 cm³/mol. The normalized spacial score (nSPS) is 29.9. The van der Waals surface area contributed by atoms with Gasteiger partial charge in [0.25, 0.3) is 5.91 Å². The van der Waals surface area contributed by atoms with Crippen molar-refractivity contribution in [3.63, 3.8) is 0 Å². The van der Waals surface area contributed by atoms with Crippen molar-refractivity contribution >= 4 is 5.91 Å². The maximum absolute atomic E-state index is 11.4. The van der Waals surface area contributed by atoms with Gasteiger partial charge >= 0.3 is 0 Å². The Morgan fingerprint density at radius 2 is 2.17 bits per heavy atom. The number of hydrogen-bond acceptors (Lipinski definition) is 3. The molecule has 0 aromatic heterocycles. The van der Waals surface area contributed by atoms with E-state index in [0.717, 1.165) is 12.8 Å². The van der Waals surface area contributed by atoms with E-state index in [-0.39, 0.29) is 18.1 Å². The number of nitrogens with zero attached hydrogens (tertiary/aromatic N) is 1. The van der Waals surface area contributed by atoms with Gasteiger partial charge in [0.15, 0.2) is 0 Å². The third-order valence-corrected chi connectivity index (χ3v) is 2.03. The molecule has 70 valence electrons. The van der Waals surface area contributed by atoms with Gasteiger partial charge in [0.1, 0.15) is 6.10 Å². The Bertz CT molecular complexity index is 162. The number of amides is 1. The van der Waals surface area contributed by atoms with Crippen LogP contribution in [0.5, 0.6) is 0 Å². The second-order valence-electron chi connectivity index (χ2n) is 3.39. The zero-order chi connectivity index (χ0) is 9.14. The summed E-state index contributed by atoms with van der Waals surface area (Å²) in [5.74, 6) is 0.0434. The molecule has 0 aromatic carbocycles. The average molecular weight is 172 g/mol. The minimum atomic E-state index is -0.264. The standard InChI is InChI=1S/C8H16N2O2/c1-10(2)8(11)7-4-3-6(9)5-12-7/h6-7H,3-5,9H2,1-2H3/t6-,7?/m1/s1. The molecule has 4 heteroatoms. The Morgan fingerprint density at radius 3 is 2.58 bits per heavy atom. The Kier molecular flexibility index (Phi) is 3.05. The van der Waals surface area contributed by atoms with E-state index < -0.39 is 0 Å². The van der Waals surface area contributed by atoms with E-state index in [0.29, 0.717) is 6.61 Å². The van der Waals surface area contributed by atoms with E-state index in [1.807, 2.05) is 0 Å². The fourth-order valence-corrected chi connectivity index (χ4v) is 1.25. The fraction of sp³-hybridized carbons (Fsp3) is 0.875. The van der Waals surface area contributed by atoms with Gasteiger partial charge in [-0.15, -0.1) is 0 Å². The Balaban J connectivity index is 2.39. The molecule has 0 spiro atoms. The summed E-state index contributed by atoms with van der Waals surface area (Å²) in [5, 5.41) is 0. The first kappa shape index (κ1) is 9.48. The van der Waals surface area contributed by atoms with Crippen LogP contribution in [0.3, 0.4) is 0 Å². The Labute approximate surface area is 72.7 Å². The molecule has 2 N–H and O–H groups in total. The number of nitrogens with two attached hydrogens (primary N) is 1. The van der Waals surface area contributed by atoms with Gasteiger partial charge in [-0.1, -0.05) is 0 Å². The fourth-order valence-electron chi connectivity index (χ4n) is 1.25. The van der Waals surface area contributed by atoms with Crippen LogP contribution in [0.1, 0.15) is 12.8 Å². The van der Waals surface area contributed by atoms with Gasteiger partial charge in [-0.3, -0.25) is 4.79 Å². The molecule has 1 saturated heterocycles. The molecule has 1 aliphatic rings. The summed E-state index contributed by atoms with van der Waals surface area (Å²) in [4.78, 5) is 12.9. The van der Waals surface area contributed by atoms with Gasteiger partial charge in [0, 0.05) is 20.1 Å². The van der Waals surface area contributed by atoms with Crippen LogP contribution >= 0.6 is 0 Å². The lowest BCUT2D eigenvalue weighted by atomic mass is 10.1. The van der Waals surface area contributed by atoms with Crippen LogP contribution in [-0.2, 0) is 9.53 Å². The molecule has 0 radical (unpaired) electrons. The van der Waals surface area contributed by atoms with Crippen LogP contribution in [0, 0.1) is 0 Å². The average Bonchev–Trinajstić information content (AvgIpc) is 2.04. The minimum absolute atomic E-state index is 0.0434. The van der Waals surface area contributed by atoms with E-state index >= 15 is 0 Å². The number of rotatable bonds is 1. The van der Waals surface area contributed by atoms with E-state index in [1.165, 1.54) is 0 Å². The lowest BCUT2D eigenvalue weighted by Gasteiger charge is -2.27. The monoisotopic (exact) mass is 172 g/mol.